The van der Waals surface area contributed by atoms with Crippen molar-refractivity contribution in [3.05, 3.63) is 62.1 Å². The summed E-state index contributed by atoms with van der Waals surface area (Å²) in [6.07, 6.45) is 0.624. The van der Waals surface area contributed by atoms with Gasteiger partial charge in [-0.1, -0.05) is 6.07 Å². The monoisotopic (exact) mass is 379 g/mol. The second-order valence-corrected chi connectivity index (χ2v) is 5.20. The van der Waals surface area contributed by atoms with Crippen LogP contribution in [0.2, 0.25) is 0 Å². The van der Waals surface area contributed by atoms with Gasteiger partial charge in [-0.15, -0.1) is 0 Å². The number of nitro groups is 1. The smallest absolute Gasteiger partial charge is 0.343 e. The van der Waals surface area contributed by atoms with Crippen molar-refractivity contribution in [3.63, 3.8) is 0 Å². The van der Waals surface area contributed by atoms with Crippen LogP contribution >= 0.6 is 15.9 Å². The Morgan fingerprint density at radius 3 is 2.65 bits per heavy atom. The molecule has 0 aliphatic rings. The van der Waals surface area contributed by atoms with E-state index in [0.717, 1.165) is 6.07 Å². The van der Waals surface area contributed by atoms with Crippen molar-refractivity contribution >= 4 is 33.9 Å². The minimum absolute atomic E-state index is 0.0209. The lowest BCUT2D eigenvalue weighted by Gasteiger charge is -2.11. The summed E-state index contributed by atoms with van der Waals surface area (Å²) >= 11 is 3.19. The Kier molecular flexibility index (Phi) is 5.07. The number of nitro benzene ring substituents is 1. The molecule has 0 amide bonds. The molecule has 0 heterocycles. The van der Waals surface area contributed by atoms with Crippen LogP contribution in [0.4, 0.5) is 5.69 Å². The number of rotatable bonds is 5. The third kappa shape index (κ3) is 3.72. The van der Waals surface area contributed by atoms with E-state index in [9.17, 15) is 19.7 Å². The standard InChI is InChI=1S/C15H10BrNO6/c1-22-13-6-9(8-18)5-12(16)14(13)23-15(19)10-3-2-4-11(7-10)17(20)21/h2-8H,1H3. The van der Waals surface area contributed by atoms with Crippen LogP contribution in [0.5, 0.6) is 11.5 Å². The van der Waals surface area contributed by atoms with Crippen LogP contribution in [0, 0.1) is 10.1 Å². The van der Waals surface area contributed by atoms with Crippen molar-refractivity contribution < 1.29 is 24.0 Å². The summed E-state index contributed by atoms with van der Waals surface area (Å²) in [4.78, 5) is 33.2. The Labute approximate surface area is 139 Å². The Morgan fingerprint density at radius 1 is 1.30 bits per heavy atom. The Hall–Kier alpha value is -2.74. The van der Waals surface area contributed by atoms with Gasteiger partial charge in [0.25, 0.3) is 5.69 Å². The van der Waals surface area contributed by atoms with E-state index in [0.29, 0.717) is 16.3 Å². The lowest BCUT2D eigenvalue weighted by Crippen LogP contribution is -2.10. The number of carbonyl (C=O) groups excluding carboxylic acids is 2. The summed E-state index contributed by atoms with van der Waals surface area (Å²) in [7, 11) is 1.36. The van der Waals surface area contributed by atoms with Gasteiger partial charge in [0.05, 0.1) is 22.1 Å². The van der Waals surface area contributed by atoms with E-state index in [1.807, 2.05) is 0 Å². The fraction of sp³-hybridized carbons (Fsp3) is 0.0667. The number of halogens is 1. The molecule has 118 valence electrons. The molecule has 23 heavy (non-hydrogen) atoms. The first-order valence-electron chi connectivity index (χ1n) is 6.25. The van der Waals surface area contributed by atoms with Gasteiger partial charge in [0, 0.05) is 17.7 Å². The molecule has 0 aliphatic carbocycles. The zero-order valence-electron chi connectivity index (χ0n) is 11.8. The molecular formula is C15H10BrNO6. The average molecular weight is 380 g/mol. The van der Waals surface area contributed by atoms with Crippen molar-refractivity contribution in [2.24, 2.45) is 0 Å². The molecule has 0 N–H and O–H groups in total. The van der Waals surface area contributed by atoms with Crippen LogP contribution in [0.25, 0.3) is 0 Å². The molecule has 0 bridgehead atoms. The molecule has 0 fully saturated rings. The third-order valence-corrected chi connectivity index (χ3v) is 3.46. The maximum absolute atomic E-state index is 12.2. The number of benzene rings is 2. The lowest BCUT2D eigenvalue weighted by molar-refractivity contribution is -0.384. The van der Waals surface area contributed by atoms with Crippen molar-refractivity contribution in [2.75, 3.05) is 7.11 Å². The highest BCUT2D eigenvalue weighted by Gasteiger charge is 2.18. The van der Waals surface area contributed by atoms with Gasteiger partial charge in [0.2, 0.25) is 0 Å². The van der Waals surface area contributed by atoms with Crippen LogP contribution in [-0.2, 0) is 0 Å². The van der Waals surface area contributed by atoms with E-state index in [1.54, 1.807) is 0 Å². The Bertz CT molecular complexity index is 790. The highest BCUT2D eigenvalue weighted by Crippen LogP contribution is 2.36. The maximum Gasteiger partial charge on any atom is 0.343 e. The second kappa shape index (κ2) is 7.01. The first-order valence-corrected chi connectivity index (χ1v) is 7.05. The van der Waals surface area contributed by atoms with Crippen LogP contribution in [0.3, 0.4) is 0 Å². The zero-order chi connectivity index (χ0) is 17.0. The van der Waals surface area contributed by atoms with Gasteiger partial charge in [-0.25, -0.2) is 4.79 Å². The summed E-state index contributed by atoms with van der Waals surface area (Å²) in [6, 6.07) is 8.04. The molecule has 0 aromatic heterocycles. The largest absolute Gasteiger partial charge is 0.493 e. The number of methoxy groups -OCH3 is 1. The second-order valence-electron chi connectivity index (χ2n) is 4.35. The summed E-state index contributed by atoms with van der Waals surface area (Å²) < 4.78 is 10.7. The first-order chi connectivity index (χ1) is 11.0. The molecule has 0 unspecified atom stereocenters. The number of carbonyl (C=O) groups is 2. The van der Waals surface area contributed by atoms with Crippen molar-refractivity contribution in [1.82, 2.24) is 0 Å². The summed E-state index contributed by atoms with van der Waals surface area (Å²) in [5.74, 6) is -0.526. The molecule has 2 aromatic rings. The number of ether oxygens (including phenoxy) is 2. The molecular weight excluding hydrogens is 370 g/mol. The van der Waals surface area contributed by atoms with E-state index in [1.165, 1.54) is 37.4 Å². The number of hydrogen-bond acceptors (Lipinski definition) is 6. The number of esters is 1. The van der Waals surface area contributed by atoms with Crippen LogP contribution in [0.15, 0.2) is 40.9 Å². The van der Waals surface area contributed by atoms with E-state index < -0.39 is 10.9 Å². The summed E-state index contributed by atoms with van der Waals surface area (Å²) in [6.45, 7) is 0. The van der Waals surface area contributed by atoms with E-state index in [4.69, 9.17) is 9.47 Å². The normalized spacial score (nSPS) is 10.0. The molecule has 0 saturated heterocycles. The molecule has 0 atom stereocenters. The van der Waals surface area contributed by atoms with Gasteiger partial charge in [-0.3, -0.25) is 14.9 Å². The van der Waals surface area contributed by atoms with Gasteiger partial charge in [0.1, 0.15) is 6.29 Å². The Morgan fingerprint density at radius 2 is 2.04 bits per heavy atom. The van der Waals surface area contributed by atoms with Crippen molar-refractivity contribution in [3.8, 4) is 11.5 Å². The predicted molar refractivity (Wildman–Crippen MR) is 84.1 cm³/mol. The van der Waals surface area contributed by atoms with Gasteiger partial charge < -0.3 is 9.47 Å². The van der Waals surface area contributed by atoms with Gasteiger partial charge >= 0.3 is 5.97 Å². The number of non-ortho nitro benzene ring substituents is 1. The predicted octanol–water partition coefficient (Wildman–Crippen LogP) is 3.40. The highest BCUT2D eigenvalue weighted by molar-refractivity contribution is 9.10. The highest BCUT2D eigenvalue weighted by atomic mass is 79.9. The number of nitrogens with zero attached hydrogens (tertiary/aromatic N) is 1. The first kappa shape index (κ1) is 16.6. The van der Waals surface area contributed by atoms with E-state index in [-0.39, 0.29) is 22.7 Å². The van der Waals surface area contributed by atoms with E-state index >= 15 is 0 Å². The molecule has 0 aliphatic heterocycles. The van der Waals surface area contributed by atoms with Crippen LogP contribution in [-0.4, -0.2) is 24.3 Å². The van der Waals surface area contributed by atoms with Crippen LogP contribution < -0.4 is 9.47 Å². The van der Waals surface area contributed by atoms with Crippen LogP contribution in [0.1, 0.15) is 20.7 Å². The van der Waals surface area contributed by atoms with Gasteiger partial charge in [-0.05, 0) is 34.1 Å². The third-order valence-electron chi connectivity index (χ3n) is 2.88. The Balaban J connectivity index is 2.35. The molecule has 2 rings (SSSR count). The number of hydrogen-bond donors (Lipinski definition) is 0. The average Bonchev–Trinajstić information content (AvgIpc) is 2.56. The quantitative estimate of drug-likeness (QED) is 0.259. The SMILES string of the molecule is COc1cc(C=O)cc(Br)c1OC(=O)c1cccc([N+](=O)[O-])c1. The maximum atomic E-state index is 12.2. The molecule has 2 aromatic carbocycles. The molecule has 0 spiro atoms. The molecule has 0 saturated carbocycles. The molecule has 8 heteroatoms. The topological polar surface area (TPSA) is 95.7 Å². The minimum Gasteiger partial charge on any atom is -0.493 e. The summed E-state index contributed by atoms with van der Waals surface area (Å²) in [5, 5.41) is 10.8. The zero-order valence-corrected chi connectivity index (χ0v) is 13.4. The summed E-state index contributed by atoms with van der Waals surface area (Å²) in [5.41, 5.74) is 0.137. The van der Waals surface area contributed by atoms with Crippen molar-refractivity contribution in [1.29, 1.82) is 0 Å². The number of aldehydes is 1. The fourth-order valence-corrected chi connectivity index (χ4v) is 2.35. The molecule has 7 nitrogen and oxygen atoms in total. The lowest BCUT2D eigenvalue weighted by atomic mass is 10.2. The fourth-order valence-electron chi connectivity index (χ4n) is 1.80. The van der Waals surface area contributed by atoms with Gasteiger partial charge in [0.15, 0.2) is 11.5 Å². The van der Waals surface area contributed by atoms with Crippen molar-refractivity contribution in [2.45, 2.75) is 0 Å². The minimum atomic E-state index is -0.786. The van der Waals surface area contributed by atoms with E-state index in [2.05, 4.69) is 15.9 Å². The molecule has 0 radical (unpaired) electrons. The van der Waals surface area contributed by atoms with Gasteiger partial charge in [-0.2, -0.15) is 0 Å².